The number of hydrogen-bond acceptors (Lipinski definition) is 8. The lowest BCUT2D eigenvalue weighted by Gasteiger charge is -2.07. The van der Waals surface area contributed by atoms with Crippen LogP contribution in [0.5, 0.6) is 0 Å². The molecule has 0 saturated heterocycles. The van der Waals surface area contributed by atoms with Crippen LogP contribution in [0, 0.1) is 5.82 Å². The summed E-state index contributed by atoms with van der Waals surface area (Å²) in [5.41, 5.74) is 1.87. The van der Waals surface area contributed by atoms with Gasteiger partial charge in [0.15, 0.2) is 5.13 Å². The standard InChI is InChI=1S/C18H14FN7O2S2/c1-10(27)20-12-3-2-4-13(8-12)26-18(23-24-25-26)29-9-16(28)22-17-21-14-6-5-11(19)7-15(14)30-17/h2-8H,9H2,1H3,(H,20,27)(H,21,22,28). The molecular formula is C18H14FN7O2S2. The number of thiazole rings is 1. The Morgan fingerprint density at radius 3 is 2.90 bits per heavy atom. The van der Waals surface area contributed by atoms with E-state index < -0.39 is 0 Å². The zero-order valence-corrected chi connectivity index (χ0v) is 17.1. The number of halogens is 1. The number of rotatable bonds is 6. The number of thioether (sulfide) groups is 1. The average molecular weight is 443 g/mol. The van der Waals surface area contributed by atoms with E-state index in [9.17, 15) is 14.0 Å². The second-order valence-electron chi connectivity index (χ2n) is 6.07. The van der Waals surface area contributed by atoms with E-state index in [-0.39, 0.29) is 23.4 Å². The number of nitrogens with zero attached hydrogens (tertiary/aromatic N) is 5. The summed E-state index contributed by atoms with van der Waals surface area (Å²) in [4.78, 5) is 27.8. The third-order valence-corrected chi connectivity index (χ3v) is 5.63. The number of amides is 2. The van der Waals surface area contributed by atoms with Crippen molar-refractivity contribution in [2.75, 3.05) is 16.4 Å². The summed E-state index contributed by atoms with van der Waals surface area (Å²) in [7, 11) is 0. The fourth-order valence-electron chi connectivity index (χ4n) is 2.59. The molecular weight excluding hydrogens is 429 g/mol. The summed E-state index contributed by atoms with van der Waals surface area (Å²) in [5.74, 6) is -0.779. The van der Waals surface area contributed by atoms with Gasteiger partial charge in [-0.25, -0.2) is 9.37 Å². The van der Waals surface area contributed by atoms with E-state index in [0.29, 0.717) is 31.9 Å². The highest BCUT2D eigenvalue weighted by molar-refractivity contribution is 7.99. The summed E-state index contributed by atoms with van der Waals surface area (Å²) >= 11 is 2.35. The molecule has 0 aliphatic rings. The molecule has 2 aromatic carbocycles. The Kier molecular flexibility index (Phi) is 5.68. The van der Waals surface area contributed by atoms with E-state index in [4.69, 9.17) is 0 Å². The molecule has 9 nitrogen and oxygen atoms in total. The second-order valence-corrected chi connectivity index (χ2v) is 8.05. The minimum absolute atomic E-state index is 0.0516. The van der Waals surface area contributed by atoms with E-state index in [1.165, 1.54) is 35.1 Å². The molecule has 4 aromatic rings. The topological polar surface area (TPSA) is 115 Å². The lowest BCUT2D eigenvalue weighted by atomic mass is 10.3. The minimum Gasteiger partial charge on any atom is -0.326 e. The summed E-state index contributed by atoms with van der Waals surface area (Å²) in [5, 5.41) is 17.8. The molecule has 0 spiro atoms. The highest BCUT2D eigenvalue weighted by Crippen LogP contribution is 2.27. The van der Waals surface area contributed by atoms with Gasteiger partial charge >= 0.3 is 0 Å². The van der Waals surface area contributed by atoms with Crippen molar-refractivity contribution in [3.63, 3.8) is 0 Å². The van der Waals surface area contributed by atoms with Gasteiger partial charge in [0.2, 0.25) is 17.0 Å². The Morgan fingerprint density at radius 1 is 1.20 bits per heavy atom. The molecule has 0 fully saturated rings. The zero-order chi connectivity index (χ0) is 21.1. The van der Waals surface area contributed by atoms with Crippen LogP contribution in [-0.4, -0.2) is 42.8 Å². The van der Waals surface area contributed by atoms with Crippen LogP contribution in [0.2, 0.25) is 0 Å². The number of benzene rings is 2. The van der Waals surface area contributed by atoms with Crippen LogP contribution >= 0.6 is 23.1 Å². The third-order valence-electron chi connectivity index (χ3n) is 3.78. The lowest BCUT2D eigenvalue weighted by molar-refractivity contribution is -0.114. The molecule has 152 valence electrons. The molecule has 4 rings (SSSR count). The number of fused-ring (bicyclic) bond motifs is 1. The molecule has 2 N–H and O–H groups in total. The summed E-state index contributed by atoms with van der Waals surface area (Å²) in [6.45, 7) is 1.42. The Bertz CT molecular complexity index is 1240. The van der Waals surface area contributed by atoms with Gasteiger partial charge in [-0.2, -0.15) is 4.68 Å². The van der Waals surface area contributed by atoms with Crippen LogP contribution < -0.4 is 10.6 Å². The number of carbonyl (C=O) groups is 2. The lowest BCUT2D eigenvalue weighted by Crippen LogP contribution is -2.14. The van der Waals surface area contributed by atoms with Crippen LogP contribution in [0.4, 0.5) is 15.2 Å². The Hall–Kier alpha value is -3.38. The van der Waals surface area contributed by atoms with Gasteiger partial charge in [0.1, 0.15) is 5.82 Å². The first-order chi connectivity index (χ1) is 14.5. The molecule has 0 radical (unpaired) electrons. The molecule has 0 saturated carbocycles. The Morgan fingerprint density at radius 2 is 2.07 bits per heavy atom. The maximum Gasteiger partial charge on any atom is 0.236 e. The number of tetrazole rings is 1. The van der Waals surface area contributed by atoms with Gasteiger partial charge in [0.25, 0.3) is 0 Å². The number of hydrogen-bond donors (Lipinski definition) is 2. The molecule has 0 aliphatic heterocycles. The molecule has 30 heavy (non-hydrogen) atoms. The number of anilines is 2. The van der Waals surface area contributed by atoms with E-state index in [1.54, 1.807) is 30.3 Å². The van der Waals surface area contributed by atoms with E-state index in [0.717, 1.165) is 11.8 Å². The van der Waals surface area contributed by atoms with Gasteiger partial charge < -0.3 is 10.6 Å². The van der Waals surface area contributed by atoms with Crippen molar-refractivity contribution in [3.8, 4) is 5.69 Å². The highest BCUT2D eigenvalue weighted by Gasteiger charge is 2.14. The minimum atomic E-state index is -0.353. The van der Waals surface area contributed by atoms with Gasteiger partial charge in [-0.15, -0.1) is 5.10 Å². The maximum atomic E-state index is 13.3. The van der Waals surface area contributed by atoms with Gasteiger partial charge in [0, 0.05) is 12.6 Å². The van der Waals surface area contributed by atoms with Crippen molar-refractivity contribution >= 4 is 55.9 Å². The molecule has 0 atom stereocenters. The van der Waals surface area contributed by atoms with Crippen LogP contribution in [0.25, 0.3) is 15.9 Å². The third kappa shape index (κ3) is 4.60. The predicted molar refractivity (Wildman–Crippen MR) is 112 cm³/mol. The SMILES string of the molecule is CC(=O)Nc1cccc(-n2nnnc2SCC(=O)Nc2nc3ccc(F)cc3s2)c1. The molecule has 0 bridgehead atoms. The first kappa shape index (κ1) is 19.9. The molecule has 0 aliphatic carbocycles. The predicted octanol–water partition coefficient (Wildman–Crippen LogP) is 3.10. The zero-order valence-electron chi connectivity index (χ0n) is 15.5. The van der Waals surface area contributed by atoms with Gasteiger partial charge in [-0.05, 0) is 46.8 Å². The van der Waals surface area contributed by atoms with Crippen molar-refractivity contribution in [1.29, 1.82) is 0 Å². The Balaban J connectivity index is 1.42. The number of carbonyl (C=O) groups excluding carboxylic acids is 2. The first-order valence-corrected chi connectivity index (χ1v) is 10.4. The summed E-state index contributed by atoms with van der Waals surface area (Å²) in [6, 6.07) is 11.3. The largest absolute Gasteiger partial charge is 0.326 e. The van der Waals surface area contributed by atoms with Gasteiger partial charge in [-0.1, -0.05) is 29.2 Å². The van der Waals surface area contributed by atoms with Crippen LogP contribution in [0.1, 0.15) is 6.92 Å². The average Bonchev–Trinajstić information content (AvgIpc) is 3.32. The van der Waals surface area contributed by atoms with E-state index in [2.05, 4.69) is 31.1 Å². The fraction of sp³-hybridized carbons (Fsp3) is 0.111. The van der Waals surface area contributed by atoms with Crippen molar-refractivity contribution in [3.05, 3.63) is 48.3 Å². The van der Waals surface area contributed by atoms with Crippen LogP contribution in [-0.2, 0) is 9.59 Å². The van der Waals surface area contributed by atoms with E-state index in [1.807, 2.05) is 0 Å². The molecule has 0 unspecified atom stereocenters. The highest BCUT2D eigenvalue weighted by atomic mass is 32.2. The van der Waals surface area contributed by atoms with Crippen molar-refractivity contribution in [2.24, 2.45) is 0 Å². The Labute approximate surface area is 177 Å². The quantitative estimate of drug-likeness (QED) is 0.440. The monoisotopic (exact) mass is 443 g/mol. The van der Waals surface area contributed by atoms with Crippen molar-refractivity contribution in [2.45, 2.75) is 12.1 Å². The first-order valence-electron chi connectivity index (χ1n) is 8.63. The van der Waals surface area contributed by atoms with Gasteiger partial charge in [-0.3, -0.25) is 9.59 Å². The summed E-state index contributed by atoms with van der Waals surface area (Å²) < 4.78 is 15.4. The number of aromatic nitrogens is 5. The second kappa shape index (κ2) is 8.55. The summed E-state index contributed by atoms with van der Waals surface area (Å²) in [6.07, 6.45) is 0. The van der Waals surface area contributed by atoms with Crippen LogP contribution in [0.3, 0.4) is 0 Å². The maximum absolute atomic E-state index is 13.3. The van der Waals surface area contributed by atoms with Crippen LogP contribution in [0.15, 0.2) is 47.6 Å². The molecule has 2 amide bonds. The van der Waals surface area contributed by atoms with Gasteiger partial charge in [0.05, 0.1) is 21.7 Å². The number of nitrogens with one attached hydrogen (secondary N) is 2. The van der Waals surface area contributed by atoms with Crippen molar-refractivity contribution in [1.82, 2.24) is 25.2 Å². The normalized spacial score (nSPS) is 10.9. The molecule has 2 heterocycles. The molecule has 12 heteroatoms. The fourth-order valence-corrected chi connectivity index (χ4v) is 4.18. The van der Waals surface area contributed by atoms with E-state index >= 15 is 0 Å². The molecule has 2 aromatic heterocycles. The van der Waals surface area contributed by atoms with Crippen molar-refractivity contribution < 1.29 is 14.0 Å². The smallest absolute Gasteiger partial charge is 0.236 e.